The van der Waals surface area contributed by atoms with Crippen LogP contribution in [0.4, 0.5) is 17.1 Å². The summed E-state index contributed by atoms with van der Waals surface area (Å²) < 4.78 is 4.78. The maximum atomic E-state index is 13.1. The van der Waals surface area contributed by atoms with Gasteiger partial charge in [-0.2, -0.15) is 0 Å². The highest BCUT2D eigenvalue weighted by Crippen LogP contribution is 2.38. The molecular formula is C26H24N4O5. The Bertz CT molecular complexity index is 1350. The number of hydrogen-bond donors (Lipinski definition) is 2. The van der Waals surface area contributed by atoms with Gasteiger partial charge in [0.25, 0.3) is 11.6 Å². The molecule has 0 bridgehead atoms. The number of nitrogens with zero attached hydrogens (tertiary/aromatic N) is 2. The predicted octanol–water partition coefficient (Wildman–Crippen LogP) is 4.38. The number of amides is 1. The molecule has 178 valence electrons. The molecule has 2 N–H and O–H groups in total. The van der Waals surface area contributed by atoms with Crippen LogP contribution in [-0.4, -0.2) is 42.9 Å². The quantitative estimate of drug-likeness (QED) is 0.227. The van der Waals surface area contributed by atoms with E-state index >= 15 is 0 Å². The van der Waals surface area contributed by atoms with Crippen LogP contribution < -0.4 is 10.6 Å². The molecule has 1 amide bonds. The lowest BCUT2D eigenvalue weighted by Gasteiger charge is -2.16. The van der Waals surface area contributed by atoms with E-state index in [9.17, 15) is 19.7 Å². The molecule has 0 fully saturated rings. The third kappa shape index (κ3) is 4.90. The van der Waals surface area contributed by atoms with Crippen LogP contribution in [0.3, 0.4) is 0 Å². The Kier molecular flexibility index (Phi) is 6.61. The summed E-state index contributed by atoms with van der Waals surface area (Å²) in [6.45, 7) is 0.418. The third-order valence-electron chi connectivity index (χ3n) is 5.54. The highest BCUT2D eigenvalue weighted by molar-refractivity contribution is 6.37. The normalized spacial score (nSPS) is 13.8. The van der Waals surface area contributed by atoms with E-state index in [0.717, 1.165) is 5.56 Å². The van der Waals surface area contributed by atoms with Crippen molar-refractivity contribution in [1.82, 2.24) is 4.90 Å². The molecule has 9 heteroatoms. The number of esters is 1. The molecule has 0 atom stereocenters. The van der Waals surface area contributed by atoms with E-state index in [2.05, 4.69) is 10.6 Å². The average molecular weight is 473 g/mol. The van der Waals surface area contributed by atoms with Crippen LogP contribution in [0.2, 0.25) is 0 Å². The number of methoxy groups -OCH3 is 1. The number of fused-ring (bicyclic) bond motifs is 1. The summed E-state index contributed by atoms with van der Waals surface area (Å²) in [5.74, 6) is -0.863. The monoisotopic (exact) mass is 472 g/mol. The summed E-state index contributed by atoms with van der Waals surface area (Å²) in [6.07, 6.45) is 0. The molecule has 35 heavy (non-hydrogen) atoms. The molecule has 9 nitrogen and oxygen atoms in total. The van der Waals surface area contributed by atoms with Gasteiger partial charge in [-0.25, -0.2) is 4.79 Å². The van der Waals surface area contributed by atoms with E-state index in [-0.39, 0.29) is 11.6 Å². The van der Waals surface area contributed by atoms with Crippen LogP contribution in [0, 0.1) is 10.1 Å². The standard InChI is InChI=1S/C26H24N4O5/c1-29(2)15-18-9-11-19(14-22(18)30(33)34)27-24(16-7-5-4-6-8-16)23-20-12-10-17(26(32)35-3)13-21(20)28-25(23)31/h4-14,27H,15H2,1-3H3,(H,28,31)/b24-23-. The van der Waals surface area contributed by atoms with Gasteiger partial charge in [0.15, 0.2) is 0 Å². The summed E-state index contributed by atoms with van der Waals surface area (Å²) >= 11 is 0. The average Bonchev–Trinajstić information content (AvgIpc) is 3.17. The first-order valence-corrected chi connectivity index (χ1v) is 10.8. The number of carbonyl (C=O) groups excluding carboxylic acids is 2. The van der Waals surface area contributed by atoms with Gasteiger partial charge >= 0.3 is 5.97 Å². The number of benzene rings is 3. The Morgan fingerprint density at radius 1 is 1.06 bits per heavy atom. The minimum atomic E-state index is -0.508. The zero-order chi connectivity index (χ0) is 25.1. The van der Waals surface area contributed by atoms with Gasteiger partial charge in [-0.05, 0) is 43.9 Å². The van der Waals surface area contributed by atoms with E-state index in [1.54, 1.807) is 30.3 Å². The van der Waals surface area contributed by atoms with Crippen molar-refractivity contribution in [3.8, 4) is 0 Å². The lowest BCUT2D eigenvalue weighted by molar-refractivity contribution is -0.385. The molecule has 4 rings (SSSR count). The smallest absolute Gasteiger partial charge is 0.337 e. The summed E-state index contributed by atoms with van der Waals surface area (Å²) in [6, 6.07) is 19.0. The number of anilines is 2. The number of hydrogen-bond acceptors (Lipinski definition) is 7. The van der Waals surface area contributed by atoms with Crippen molar-refractivity contribution >= 4 is 40.2 Å². The van der Waals surface area contributed by atoms with Crippen LogP contribution in [0.25, 0.3) is 11.3 Å². The van der Waals surface area contributed by atoms with Gasteiger partial charge in [0, 0.05) is 29.4 Å². The molecular weight excluding hydrogens is 448 g/mol. The van der Waals surface area contributed by atoms with Gasteiger partial charge in [0.05, 0.1) is 34.6 Å². The Labute approximate surface area is 202 Å². The van der Waals surface area contributed by atoms with Crippen molar-refractivity contribution in [2.45, 2.75) is 6.54 Å². The van der Waals surface area contributed by atoms with Crippen molar-refractivity contribution in [1.29, 1.82) is 0 Å². The summed E-state index contributed by atoms with van der Waals surface area (Å²) in [7, 11) is 4.98. The van der Waals surface area contributed by atoms with Crippen LogP contribution in [-0.2, 0) is 16.1 Å². The van der Waals surface area contributed by atoms with E-state index in [4.69, 9.17) is 4.74 Å². The molecule has 0 spiro atoms. The number of nitrogens with one attached hydrogen (secondary N) is 2. The highest BCUT2D eigenvalue weighted by Gasteiger charge is 2.29. The van der Waals surface area contributed by atoms with Crippen LogP contribution in [0.5, 0.6) is 0 Å². The third-order valence-corrected chi connectivity index (χ3v) is 5.54. The van der Waals surface area contributed by atoms with Crippen LogP contribution in [0.1, 0.15) is 27.0 Å². The van der Waals surface area contributed by atoms with Gasteiger partial charge in [-0.15, -0.1) is 0 Å². The van der Waals surface area contributed by atoms with Crippen molar-refractivity contribution < 1.29 is 19.2 Å². The predicted molar refractivity (Wildman–Crippen MR) is 134 cm³/mol. The second-order valence-corrected chi connectivity index (χ2v) is 8.29. The molecule has 1 aliphatic heterocycles. The Morgan fingerprint density at radius 3 is 2.46 bits per heavy atom. The Balaban J connectivity index is 1.84. The summed E-state index contributed by atoms with van der Waals surface area (Å²) in [5.41, 5.74) is 4.02. The zero-order valence-corrected chi connectivity index (χ0v) is 19.5. The fourth-order valence-electron chi connectivity index (χ4n) is 3.98. The van der Waals surface area contributed by atoms with E-state index in [1.165, 1.54) is 13.2 Å². The largest absolute Gasteiger partial charge is 0.465 e. The van der Waals surface area contributed by atoms with E-state index in [1.807, 2.05) is 49.3 Å². The molecule has 3 aromatic carbocycles. The summed E-state index contributed by atoms with van der Waals surface area (Å²) in [5, 5.41) is 17.8. The lowest BCUT2D eigenvalue weighted by atomic mass is 9.99. The van der Waals surface area contributed by atoms with Gasteiger partial charge in [0.2, 0.25) is 0 Å². The molecule has 0 unspecified atom stereocenters. The first-order valence-electron chi connectivity index (χ1n) is 10.8. The fraction of sp³-hybridized carbons (Fsp3) is 0.154. The number of rotatable bonds is 7. The van der Waals surface area contributed by atoms with E-state index in [0.29, 0.717) is 45.9 Å². The summed E-state index contributed by atoms with van der Waals surface area (Å²) in [4.78, 5) is 38.2. The molecule has 1 aliphatic rings. The molecule has 3 aromatic rings. The van der Waals surface area contributed by atoms with E-state index < -0.39 is 10.9 Å². The first kappa shape index (κ1) is 23.7. The lowest BCUT2D eigenvalue weighted by Crippen LogP contribution is -2.13. The van der Waals surface area contributed by atoms with Gasteiger partial charge in [0.1, 0.15) is 0 Å². The molecule has 0 aromatic heterocycles. The second-order valence-electron chi connectivity index (χ2n) is 8.29. The number of ether oxygens (including phenoxy) is 1. The van der Waals surface area contributed by atoms with Crippen molar-refractivity contribution in [3.05, 3.63) is 99.1 Å². The van der Waals surface area contributed by atoms with Crippen molar-refractivity contribution in [2.24, 2.45) is 0 Å². The zero-order valence-electron chi connectivity index (χ0n) is 19.5. The van der Waals surface area contributed by atoms with Crippen molar-refractivity contribution in [2.75, 3.05) is 31.8 Å². The Morgan fingerprint density at radius 2 is 1.80 bits per heavy atom. The van der Waals surface area contributed by atoms with Crippen molar-refractivity contribution in [3.63, 3.8) is 0 Å². The topological polar surface area (TPSA) is 114 Å². The van der Waals surface area contributed by atoms with Crippen LogP contribution in [0.15, 0.2) is 66.7 Å². The number of nitro groups is 1. The molecule has 1 heterocycles. The second kappa shape index (κ2) is 9.78. The maximum Gasteiger partial charge on any atom is 0.337 e. The minimum Gasteiger partial charge on any atom is -0.465 e. The minimum absolute atomic E-state index is 0.0138. The fourth-order valence-corrected chi connectivity index (χ4v) is 3.98. The SMILES string of the molecule is COC(=O)c1ccc2c(c1)NC(=O)/C2=C(\Nc1ccc(CN(C)C)c([N+](=O)[O-])c1)c1ccccc1. The van der Waals surface area contributed by atoms with Gasteiger partial charge < -0.3 is 20.3 Å². The molecule has 0 saturated carbocycles. The highest BCUT2D eigenvalue weighted by atomic mass is 16.6. The Hall–Kier alpha value is -4.50. The molecule has 0 radical (unpaired) electrons. The molecule has 0 saturated heterocycles. The van der Waals surface area contributed by atoms with Crippen LogP contribution >= 0.6 is 0 Å². The maximum absolute atomic E-state index is 13.1. The van der Waals surface area contributed by atoms with Gasteiger partial charge in [-0.3, -0.25) is 14.9 Å². The van der Waals surface area contributed by atoms with Gasteiger partial charge in [-0.1, -0.05) is 36.4 Å². The number of nitro benzene ring substituents is 1. The molecule has 0 aliphatic carbocycles. The number of carbonyl (C=O) groups is 2. The first-order chi connectivity index (χ1) is 16.8.